The Morgan fingerprint density at radius 1 is 1.21 bits per heavy atom. The fourth-order valence-corrected chi connectivity index (χ4v) is 2.28. The summed E-state index contributed by atoms with van der Waals surface area (Å²) in [7, 11) is 0. The number of nitrogens with zero attached hydrogens (tertiary/aromatic N) is 1. The maximum Gasteiger partial charge on any atom is 0.266 e. The number of halogens is 1. The predicted molar refractivity (Wildman–Crippen MR) is 98.6 cm³/mol. The molecule has 2 aromatic carbocycles. The Morgan fingerprint density at radius 2 is 1.92 bits per heavy atom. The van der Waals surface area contributed by atoms with Crippen molar-refractivity contribution in [2.45, 2.75) is 13.8 Å². The summed E-state index contributed by atoms with van der Waals surface area (Å²) < 4.78 is 0. The molecule has 0 aliphatic rings. The summed E-state index contributed by atoms with van der Waals surface area (Å²) in [6, 6.07) is 16.9. The summed E-state index contributed by atoms with van der Waals surface area (Å²) in [4.78, 5) is 12.3. The Morgan fingerprint density at radius 3 is 2.54 bits per heavy atom. The number of nitrogens with one attached hydrogen (secondary N) is 1. The van der Waals surface area contributed by atoms with Crippen molar-refractivity contribution in [3.63, 3.8) is 0 Å². The van der Waals surface area contributed by atoms with Crippen LogP contribution in [0.4, 0.5) is 5.69 Å². The fraction of sp³-hybridized carbons (Fsp3) is 0.100. The van der Waals surface area contributed by atoms with E-state index in [1.807, 2.05) is 62.4 Å². The van der Waals surface area contributed by atoms with Crippen LogP contribution in [0.2, 0.25) is 5.02 Å². The number of carbonyl (C=O) groups excluding carboxylic acids is 1. The quantitative estimate of drug-likeness (QED) is 0.477. The van der Waals surface area contributed by atoms with Crippen molar-refractivity contribution in [2.75, 3.05) is 5.32 Å². The highest BCUT2D eigenvalue weighted by Gasteiger charge is 2.10. The van der Waals surface area contributed by atoms with Crippen LogP contribution in [0, 0.1) is 18.3 Å². The van der Waals surface area contributed by atoms with Crippen molar-refractivity contribution < 1.29 is 4.79 Å². The fourth-order valence-electron chi connectivity index (χ4n) is 2.10. The van der Waals surface area contributed by atoms with Gasteiger partial charge in [0, 0.05) is 10.7 Å². The molecule has 1 N–H and O–H groups in total. The first-order valence-electron chi connectivity index (χ1n) is 7.42. The number of aryl methyl sites for hydroxylation is 1. The van der Waals surface area contributed by atoms with Gasteiger partial charge in [-0.05, 0) is 48.8 Å². The zero-order valence-electron chi connectivity index (χ0n) is 13.5. The number of benzene rings is 2. The van der Waals surface area contributed by atoms with Gasteiger partial charge in [-0.2, -0.15) is 5.26 Å². The average Bonchev–Trinajstić information content (AvgIpc) is 2.57. The summed E-state index contributed by atoms with van der Waals surface area (Å²) in [5, 5.41) is 12.5. The third-order valence-corrected chi connectivity index (χ3v) is 3.77. The van der Waals surface area contributed by atoms with E-state index in [4.69, 9.17) is 11.6 Å². The minimum atomic E-state index is -0.460. The number of rotatable bonds is 4. The molecule has 0 spiro atoms. The molecule has 0 aliphatic heterocycles. The molecule has 0 saturated carbocycles. The van der Waals surface area contributed by atoms with Crippen LogP contribution in [0.5, 0.6) is 0 Å². The Balaban J connectivity index is 2.17. The van der Waals surface area contributed by atoms with Gasteiger partial charge in [0.25, 0.3) is 5.91 Å². The van der Waals surface area contributed by atoms with Crippen LogP contribution in [0.25, 0.3) is 6.08 Å². The normalized spacial score (nSPS) is 11.8. The van der Waals surface area contributed by atoms with Gasteiger partial charge < -0.3 is 5.32 Å². The van der Waals surface area contributed by atoms with Crippen molar-refractivity contribution >= 4 is 29.3 Å². The topological polar surface area (TPSA) is 52.9 Å². The van der Waals surface area contributed by atoms with Crippen molar-refractivity contribution in [2.24, 2.45) is 0 Å². The first-order chi connectivity index (χ1) is 11.5. The Bertz CT molecular complexity index is 846. The lowest BCUT2D eigenvalue weighted by Gasteiger charge is -2.06. The lowest BCUT2D eigenvalue weighted by Crippen LogP contribution is -2.13. The van der Waals surface area contributed by atoms with E-state index in [0.717, 1.165) is 16.7 Å². The Kier molecular flexibility index (Phi) is 5.95. The molecule has 1 amide bonds. The summed E-state index contributed by atoms with van der Waals surface area (Å²) in [5.41, 5.74) is 3.34. The smallest absolute Gasteiger partial charge is 0.266 e. The zero-order valence-corrected chi connectivity index (χ0v) is 14.3. The van der Waals surface area contributed by atoms with Gasteiger partial charge in [0.2, 0.25) is 0 Å². The summed E-state index contributed by atoms with van der Waals surface area (Å²) >= 11 is 6.05. The molecular formula is C20H17ClN2O. The van der Waals surface area contributed by atoms with E-state index < -0.39 is 5.91 Å². The SMILES string of the molecule is CC(/C=C(/C#N)C(=O)Nc1ccc(C)c(Cl)c1)=C\c1ccccc1. The maximum atomic E-state index is 12.3. The van der Waals surface area contributed by atoms with E-state index in [2.05, 4.69) is 5.32 Å². The number of anilines is 1. The highest BCUT2D eigenvalue weighted by Crippen LogP contribution is 2.20. The highest BCUT2D eigenvalue weighted by molar-refractivity contribution is 6.31. The third-order valence-electron chi connectivity index (χ3n) is 3.36. The van der Waals surface area contributed by atoms with E-state index >= 15 is 0 Å². The van der Waals surface area contributed by atoms with Crippen LogP contribution >= 0.6 is 11.6 Å². The second kappa shape index (κ2) is 8.14. The van der Waals surface area contributed by atoms with Gasteiger partial charge in [-0.3, -0.25) is 4.79 Å². The molecule has 3 nitrogen and oxygen atoms in total. The number of carbonyl (C=O) groups is 1. The van der Waals surface area contributed by atoms with Crippen LogP contribution < -0.4 is 5.32 Å². The molecular weight excluding hydrogens is 320 g/mol. The predicted octanol–water partition coefficient (Wildman–Crippen LogP) is 5.14. The number of amides is 1. The molecule has 2 rings (SSSR count). The number of hydrogen-bond acceptors (Lipinski definition) is 2. The van der Waals surface area contributed by atoms with Gasteiger partial charge >= 0.3 is 0 Å². The molecule has 0 unspecified atom stereocenters. The summed E-state index contributed by atoms with van der Waals surface area (Å²) in [6.45, 7) is 3.73. The van der Waals surface area contributed by atoms with E-state index in [9.17, 15) is 10.1 Å². The highest BCUT2D eigenvalue weighted by atomic mass is 35.5. The van der Waals surface area contributed by atoms with Crippen LogP contribution in [0.3, 0.4) is 0 Å². The largest absolute Gasteiger partial charge is 0.321 e. The molecule has 0 bridgehead atoms. The van der Waals surface area contributed by atoms with Crippen LogP contribution in [-0.4, -0.2) is 5.91 Å². The zero-order chi connectivity index (χ0) is 17.5. The molecule has 0 aromatic heterocycles. The summed E-state index contributed by atoms with van der Waals surface area (Å²) in [5.74, 6) is -0.460. The van der Waals surface area contributed by atoms with Gasteiger partial charge in [-0.1, -0.05) is 54.1 Å². The van der Waals surface area contributed by atoms with Crippen molar-refractivity contribution in [1.82, 2.24) is 0 Å². The summed E-state index contributed by atoms with van der Waals surface area (Å²) in [6.07, 6.45) is 3.48. The van der Waals surface area contributed by atoms with Crippen molar-refractivity contribution in [1.29, 1.82) is 5.26 Å². The van der Waals surface area contributed by atoms with E-state index in [1.54, 1.807) is 18.2 Å². The minimum Gasteiger partial charge on any atom is -0.321 e. The van der Waals surface area contributed by atoms with Crippen LogP contribution in [-0.2, 0) is 4.79 Å². The molecule has 0 radical (unpaired) electrons. The van der Waals surface area contributed by atoms with Crippen molar-refractivity contribution in [3.8, 4) is 6.07 Å². The average molecular weight is 337 g/mol. The molecule has 120 valence electrons. The van der Waals surface area contributed by atoms with Gasteiger partial charge in [0.15, 0.2) is 0 Å². The lowest BCUT2D eigenvalue weighted by atomic mass is 10.1. The van der Waals surface area contributed by atoms with Crippen molar-refractivity contribution in [3.05, 3.63) is 81.9 Å². The van der Waals surface area contributed by atoms with Crippen LogP contribution in [0.1, 0.15) is 18.1 Å². The monoisotopic (exact) mass is 336 g/mol. The minimum absolute atomic E-state index is 0.0383. The van der Waals surface area contributed by atoms with Gasteiger partial charge in [-0.15, -0.1) is 0 Å². The molecule has 0 fully saturated rings. The molecule has 0 atom stereocenters. The maximum absolute atomic E-state index is 12.3. The second-order valence-corrected chi connectivity index (χ2v) is 5.79. The first-order valence-corrected chi connectivity index (χ1v) is 7.80. The number of nitriles is 1. The molecule has 0 aliphatic carbocycles. The van der Waals surface area contributed by atoms with E-state index in [0.29, 0.717) is 10.7 Å². The first kappa shape index (κ1) is 17.5. The Labute approximate surface area is 146 Å². The standard InChI is InChI=1S/C20H17ClN2O/c1-14(10-16-6-4-3-5-7-16)11-17(13-22)20(24)23-18-9-8-15(2)19(21)12-18/h3-12H,1-2H3,(H,23,24)/b14-10+,17-11-. The molecule has 0 saturated heterocycles. The lowest BCUT2D eigenvalue weighted by molar-refractivity contribution is -0.112. The number of allylic oxidation sites excluding steroid dienone is 2. The van der Waals surface area contributed by atoms with Gasteiger partial charge in [-0.25, -0.2) is 0 Å². The van der Waals surface area contributed by atoms with E-state index in [1.165, 1.54) is 0 Å². The molecule has 0 heterocycles. The Hall–Kier alpha value is -2.83. The van der Waals surface area contributed by atoms with Gasteiger partial charge in [0.1, 0.15) is 11.6 Å². The second-order valence-electron chi connectivity index (χ2n) is 5.39. The molecule has 4 heteroatoms. The van der Waals surface area contributed by atoms with Crippen LogP contribution in [0.15, 0.2) is 65.8 Å². The molecule has 24 heavy (non-hydrogen) atoms. The molecule has 2 aromatic rings. The van der Waals surface area contributed by atoms with Gasteiger partial charge in [0.05, 0.1) is 0 Å². The number of hydrogen-bond donors (Lipinski definition) is 1. The third kappa shape index (κ3) is 4.84. The van der Waals surface area contributed by atoms with E-state index in [-0.39, 0.29) is 5.57 Å².